The van der Waals surface area contributed by atoms with Gasteiger partial charge in [0.15, 0.2) is 0 Å². The van der Waals surface area contributed by atoms with Gasteiger partial charge in [-0.3, -0.25) is 0 Å². The maximum absolute atomic E-state index is 12.9. The van der Waals surface area contributed by atoms with E-state index in [1.54, 1.807) is 18.2 Å². The van der Waals surface area contributed by atoms with E-state index in [1.165, 1.54) is 10.4 Å². The van der Waals surface area contributed by atoms with Gasteiger partial charge in [-0.2, -0.15) is 9.57 Å². The van der Waals surface area contributed by atoms with Crippen molar-refractivity contribution < 1.29 is 8.42 Å². The van der Waals surface area contributed by atoms with Gasteiger partial charge in [-0.15, -0.1) is 0 Å². The second kappa shape index (κ2) is 7.04. The van der Waals surface area contributed by atoms with Crippen molar-refractivity contribution in [1.29, 1.82) is 5.26 Å². The van der Waals surface area contributed by atoms with Gasteiger partial charge in [-0.25, -0.2) is 8.42 Å². The Morgan fingerprint density at radius 1 is 0.875 bits per heavy atom. The van der Waals surface area contributed by atoms with Crippen molar-refractivity contribution in [2.45, 2.75) is 11.3 Å². The first-order valence-corrected chi connectivity index (χ1v) is 9.36. The number of nitriles is 1. The number of hydrogen-bond acceptors (Lipinski definition) is 4. The molecule has 24 heavy (non-hydrogen) atoms. The zero-order valence-electron chi connectivity index (χ0n) is 13.3. The number of para-hydroxylation sites is 1. The molecule has 1 aliphatic rings. The van der Waals surface area contributed by atoms with Crippen molar-refractivity contribution in [3.8, 4) is 6.07 Å². The topological polar surface area (TPSA) is 64.4 Å². The Hall–Kier alpha value is -2.36. The maximum Gasteiger partial charge on any atom is 0.244 e. The van der Waals surface area contributed by atoms with Crippen LogP contribution in [0, 0.1) is 11.3 Å². The molecule has 1 saturated heterocycles. The Kier molecular flexibility index (Phi) is 4.84. The predicted molar refractivity (Wildman–Crippen MR) is 93.2 cm³/mol. The number of rotatable bonds is 3. The van der Waals surface area contributed by atoms with Crippen LogP contribution < -0.4 is 4.90 Å². The Bertz CT molecular complexity index is 844. The minimum Gasteiger partial charge on any atom is -0.370 e. The van der Waals surface area contributed by atoms with Gasteiger partial charge in [-0.05, 0) is 30.7 Å². The Labute approximate surface area is 142 Å². The largest absolute Gasteiger partial charge is 0.370 e. The van der Waals surface area contributed by atoms with Crippen LogP contribution in [0.25, 0.3) is 0 Å². The molecule has 3 rings (SSSR count). The number of anilines is 1. The Morgan fingerprint density at radius 2 is 1.58 bits per heavy atom. The van der Waals surface area contributed by atoms with E-state index < -0.39 is 10.0 Å². The van der Waals surface area contributed by atoms with Crippen molar-refractivity contribution in [2.24, 2.45) is 0 Å². The highest BCUT2D eigenvalue weighted by molar-refractivity contribution is 7.89. The monoisotopic (exact) mass is 341 g/mol. The fourth-order valence-electron chi connectivity index (χ4n) is 2.95. The summed E-state index contributed by atoms with van der Waals surface area (Å²) in [5.41, 5.74) is 1.30. The van der Waals surface area contributed by atoms with E-state index in [2.05, 4.69) is 4.90 Å². The molecule has 0 radical (unpaired) electrons. The molecule has 0 saturated carbocycles. The normalized spacial score (nSPS) is 16.4. The molecule has 1 heterocycles. The summed E-state index contributed by atoms with van der Waals surface area (Å²) < 4.78 is 27.3. The van der Waals surface area contributed by atoms with Crippen LogP contribution >= 0.6 is 0 Å². The van der Waals surface area contributed by atoms with Crippen molar-refractivity contribution in [1.82, 2.24) is 4.31 Å². The molecule has 124 valence electrons. The summed E-state index contributed by atoms with van der Waals surface area (Å²) in [5.74, 6) is 0. The zero-order chi connectivity index (χ0) is 17.0. The first-order valence-electron chi connectivity index (χ1n) is 7.92. The SMILES string of the molecule is N#Cc1ccccc1S(=O)(=O)N1CCCN(c2ccccc2)CC1. The molecular formula is C18H19N3O2S. The van der Waals surface area contributed by atoms with Crippen molar-refractivity contribution in [3.05, 3.63) is 60.2 Å². The van der Waals surface area contributed by atoms with Crippen molar-refractivity contribution in [3.63, 3.8) is 0 Å². The van der Waals surface area contributed by atoms with Gasteiger partial charge in [0.05, 0.1) is 10.5 Å². The lowest BCUT2D eigenvalue weighted by Gasteiger charge is -2.23. The van der Waals surface area contributed by atoms with Crippen LogP contribution in [-0.4, -0.2) is 38.9 Å². The average Bonchev–Trinajstić information content (AvgIpc) is 2.89. The molecule has 1 fully saturated rings. The van der Waals surface area contributed by atoms with E-state index in [4.69, 9.17) is 0 Å². The first-order chi connectivity index (χ1) is 11.6. The Balaban J connectivity index is 1.82. The van der Waals surface area contributed by atoms with Crippen LogP contribution in [-0.2, 0) is 10.0 Å². The van der Waals surface area contributed by atoms with E-state index in [1.807, 2.05) is 36.4 Å². The highest BCUT2D eigenvalue weighted by Crippen LogP contribution is 2.22. The van der Waals surface area contributed by atoms with Crippen molar-refractivity contribution in [2.75, 3.05) is 31.1 Å². The van der Waals surface area contributed by atoms with Gasteiger partial charge in [0, 0.05) is 31.9 Å². The maximum atomic E-state index is 12.9. The summed E-state index contributed by atoms with van der Waals surface area (Å²) >= 11 is 0. The van der Waals surface area contributed by atoms with Crippen LogP contribution in [0.4, 0.5) is 5.69 Å². The minimum absolute atomic E-state index is 0.0978. The van der Waals surface area contributed by atoms with Gasteiger partial charge < -0.3 is 4.90 Å². The summed E-state index contributed by atoms with van der Waals surface area (Å²) in [7, 11) is -3.65. The third-order valence-corrected chi connectivity index (χ3v) is 6.16. The molecule has 2 aromatic carbocycles. The molecule has 0 aliphatic carbocycles. The average molecular weight is 341 g/mol. The number of hydrogen-bond donors (Lipinski definition) is 0. The molecular weight excluding hydrogens is 322 g/mol. The van der Waals surface area contributed by atoms with E-state index in [0.29, 0.717) is 19.6 Å². The molecule has 0 atom stereocenters. The molecule has 0 aromatic heterocycles. The van der Waals surface area contributed by atoms with Crippen LogP contribution in [0.3, 0.4) is 0 Å². The van der Waals surface area contributed by atoms with E-state index in [0.717, 1.165) is 18.7 Å². The summed E-state index contributed by atoms with van der Waals surface area (Å²) in [6.45, 7) is 2.33. The molecule has 2 aromatic rings. The summed E-state index contributed by atoms with van der Waals surface area (Å²) in [6.07, 6.45) is 0.753. The summed E-state index contributed by atoms with van der Waals surface area (Å²) in [4.78, 5) is 2.30. The highest BCUT2D eigenvalue weighted by atomic mass is 32.2. The molecule has 0 bridgehead atoms. The van der Waals surface area contributed by atoms with Gasteiger partial charge in [0.2, 0.25) is 10.0 Å². The molecule has 6 heteroatoms. The molecule has 0 spiro atoms. The van der Waals surface area contributed by atoms with Crippen LogP contribution in [0.15, 0.2) is 59.5 Å². The van der Waals surface area contributed by atoms with Crippen LogP contribution in [0.2, 0.25) is 0 Å². The lowest BCUT2D eigenvalue weighted by molar-refractivity contribution is 0.433. The fourth-order valence-corrected chi connectivity index (χ4v) is 4.57. The van der Waals surface area contributed by atoms with Gasteiger partial charge in [0.25, 0.3) is 0 Å². The molecule has 1 aliphatic heterocycles. The number of benzene rings is 2. The van der Waals surface area contributed by atoms with Gasteiger partial charge >= 0.3 is 0 Å². The molecule has 0 N–H and O–H groups in total. The van der Waals surface area contributed by atoms with Crippen molar-refractivity contribution >= 4 is 15.7 Å². The molecule has 0 unspecified atom stereocenters. The van der Waals surface area contributed by atoms with Gasteiger partial charge in [-0.1, -0.05) is 30.3 Å². The molecule has 5 nitrogen and oxygen atoms in total. The third kappa shape index (κ3) is 3.28. The lowest BCUT2D eigenvalue weighted by atomic mass is 10.2. The highest BCUT2D eigenvalue weighted by Gasteiger charge is 2.28. The Morgan fingerprint density at radius 3 is 2.33 bits per heavy atom. The summed E-state index contributed by atoms with van der Waals surface area (Å²) in [6, 6.07) is 18.4. The van der Waals surface area contributed by atoms with E-state index in [-0.39, 0.29) is 10.5 Å². The van der Waals surface area contributed by atoms with Crippen LogP contribution in [0.1, 0.15) is 12.0 Å². The summed E-state index contributed by atoms with van der Waals surface area (Å²) in [5, 5.41) is 9.19. The second-order valence-corrected chi connectivity index (χ2v) is 7.59. The molecule has 0 amide bonds. The van der Waals surface area contributed by atoms with E-state index in [9.17, 15) is 13.7 Å². The minimum atomic E-state index is -3.65. The number of nitrogens with zero attached hydrogens (tertiary/aromatic N) is 3. The lowest BCUT2D eigenvalue weighted by Crippen LogP contribution is -2.35. The first kappa shape index (κ1) is 16.5. The standard InChI is InChI=1S/C18H19N3O2S/c19-15-16-7-4-5-10-18(16)24(22,23)21-12-6-11-20(13-14-21)17-8-2-1-3-9-17/h1-5,7-10H,6,11-14H2. The number of sulfonamides is 1. The van der Waals surface area contributed by atoms with Crippen LogP contribution in [0.5, 0.6) is 0 Å². The smallest absolute Gasteiger partial charge is 0.244 e. The fraction of sp³-hybridized carbons (Fsp3) is 0.278. The predicted octanol–water partition coefficient (Wildman–Crippen LogP) is 2.46. The zero-order valence-corrected chi connectivity index (χ0v) is 14.1. The van der Waals surface area contributed by atoms with E-state index >= 15 is 0 Å². The van der Waals surface area contributed by atoms with Gasteiger partial charge in [0.1, 0.15) is 6.07 Å². The third-order valence-electron chi connectivity index (χ3n) is 4.20. The quantitative estimate of drug-likeness (QED) is 0.860. The second-order valence-electron chi connectivity index (χ2n) is 5.69.